The number of nitrogens with zero attached hydrogens (tertiary/aromatic N) is 1. The molecule has 1 aliphatic heterocycles. The SMILES string of the molecule is OC[C@H]1O[C@@H](Oc2cccc3c2[nH]c2c(Cl)c4ccccc4nc23)[C@H](O)[C@@H](O)[C@@H]1O. The minimum atomic E-state index is -1.52. The van der Waals surface area contributed by atoms with E-state index in [0.717, 1.165) is 16.3 Å². The summed E-state index contributed by atoms with van der Waals surface area (Å²) in [5.74, 6) is 0.343. The van der Waals surface area contributed by atoms with E-state index in [1.807, 2.05) is 30.3 Å². The number of H-pyrrole nitrogens is 1. The highest BCUT2D eigenvalue weighted by Gasteiger charge is 2.44. The molecule has 8 nitrogen and oxygen atoms in total. The van der Waals surface area contributed by atoms with E-state index in [0.29, 0.717) is 27.3 Å². The fourth-order valence-electron chi connectivity index (χ4n) is 3.85. The van der Waals surface area contributed by atoms with Gasteiger partial charge in [-0.25, -0.2) is 4.98 Å². The van der Waals surface area contributed by atoms with Crippen LogP contribution in [0.15, 0.2) is 42.5 Å². The van der Waals surface area contributed by atoms with Crippen LogP contribution in [0, 0.1) is 0 Å². The third-order valence-electron chi connectivity index (χ3n) is 5.45. The quantitative estimate of drug-likeness (QED) is 0.334. The number of hydrogen-bond donors (Lipinski definition) is 5. The Hall–Kier alpha value is -2.46. The van der Waals surface area contributed by atoms with Crippen molar-refractivity contribution < 1.29 is 29.9 Å². The van der Waals surface area contributed by atoms with E-state index in [1.54, 1.807) is 12.1 Å². The maximum absolute atomic E-state index is 10.3. The molecule has 30 heavy (non-hydrogen) atoms. The molecule has 4 aromatic rings. The number of hydrogen-bond acceptors (Lipinski definition) is 7. The van der Waals surface area contributed by atoms with Gasteiger partial charge in [0.15, 0.2) is 0 Å². The van der Waals surface area contributed by atoms with Gasteiger partial charge in [-0.05, 0) is 12.1 Å². The summed E-state index contributed by atoms with van der Waals surface area (Å²) in [4.78, 5) is 7.96. The molecule has 1 aliphatic rings. The van der Waals surface area contributed by atoms with Gasteiger partial charge < -0.3 is 34.9 Å². The summed E-state index contributed by atoms with van der Waals surface area (Å²) in [6.07, 6.45) is -6.84. The molecule has 0 amide bonds. The van der Waals surface area contributed by atoms with Gasteiger partial charge in [-0.2, -0.15) is 0 Å². The molecular weight excluding hydrogens is 412 g/mol. The van der Waals surface area contributed by atoms with Crippen molar-refractivity contribution >= 4 is 44.4 Å². The summed E-state index contributed by atoms with van der Waals surface area (Å²) in [6.45, 7) is -0.534. The van der Waals surface area contributed by atoms with Gasteiger partial charge in [0.2, 0.25) is 6.29 Å². The number of rotatable bonds is 3. The number of para-hydroxylation sites is 2. The van der Waals surface area contributed by atoms with Crippen LogP contribution in [-0.2, 0) is 4.74 Å². The van der Waals surface area contributed by atoms with Crippen LogP contribution in [0.1, 0.15) is 0 Å². The maximum atomic E-state index is 10.3. The molecule has 2 aromatic carbocycles. The lowest BCUT2D eigenvalue weighted by atomic mass is 9.99. The summed E-state index contributed by atoms with van der Waals surface area (Å²) in [5, 5.41) is 41.7. The third-order valence-corrected chi connectivity index (χ3v) is 5.84. The molecule has 0 unspecified atom stereocenters. The molecule has 5 atom stereocenters. The predicted molar refractivity (Wildman–Crippen MR) is 111 cm³/mol. The largest absolute Gasteiger partial charge is 0.460 e. The van der Waals surface area contributed by atoms with Crippen LogP contribution in [0.2, 0.25) is 5.02 Å². The van der Waals surface area contributed by atoms with Gasteiger partial charge in [0.05, 0.1) is 33.7 Å². The lowest BCUT2D eigenvalue weighted by Gasteiger charge is -2.39. The van der Waals surface area contributed by atoms with E-state index in [9.17, 15) is 20.4 Å². The zero-order valence-corrected chi connectivity index (χ0v) is 16.3. The lowest BCUT2D eigenvalue weighted by Crippen LogP contribution is -2.60. The molecule has 0 aliphatic carbocycles. The average molecular weight is 431 g/mol. The molecule has 0 radical (unpaired) electrons. The van der Waals surface area contributed by atoms with Gasteiger partial charge >= 0.3 is 0 Å². The Labute approximate surface area is 175 Å². The van der Waals surface area contributed by atoms with Crippen molar-refractivity contribution in [3.05, 3.63) is 47.5 Å². The number of halogens is 1. The fraction of sp³-hybridized carbons (Fsp3) is 0.286. The van der Waals surface area contributed by atoms with Crippen molar-refractivity contribution in [2.45, 2.75) is 30.7 Å². The van der Waals surface area contributed by atoms with E-state index in [4.69, 9.17) is 26.1 Å². The molecule has 2 aromatic heterocycles. The van der Waals surface area contributed by atoms with Gasteiger partial charge in [-0.15, -0.1) is 0 Å². The molecule has 1 fully saturated rings. The second-order valence-electron chi connectivity index (χ2n) is 7.29. The van der Waals surface area contributed by atoms with Gasteiger partial charge in [-0.1, -0.05) is 41.9 Å². The van der Waals surface area contributed by atoms with E-state index in [2.05, 4.69) is 4.98 Å². The highest BCUT2D eigenvalue weighted by atomic mass is 35.5. The second kappa shape index (κ2) is 7.35. The first-order valence-electron chi connectivity index (χ1n) is 9.45. The van der Waals surface area contributed by atoms with Crippen LogP contribution in [0.3, 0.4) is 0 Å². The van der Waals surface area contributed by atoms with Gasteiger partial charge in [0.25, 0.3) is 0 Å². The van der Waals surface area contributed by atoms with Crippen LogP contribution in [0.5, 0.6) is 5.75 Å². The van der Waals surface area contributed by atoms with Gasteiger partial charge in [-0.3, -0.25) is 0 Å². The number of aliphatic hydroxyl groups is 4. The minimum absolute atomic E-state index is 0.343. The Morgan fingerprint density at radius 2 is 1.73 bits per heavy atom. The zero-order valence-electron chi connectivity index (χ0n) is 15.6. The number of aliphatic hydroxyl groups excluding tert-OH is 4. The van der Waals surface area contributed by atoms with Crippen LogP contribution < -0.4 is 4.74 Å². The Morgan fingerprint density at radius 1 is 0.967 bits per heavy atom. The molecule has 1 saturated heterocycles. The highest BCUT2D eigenvalue weighted by Crippen LogP contribution is 2.37. The Bertz CT molecular complexity index is 1240. The van der Waals surface area contributed by atoms with Gasteiger partial charge in [0, 0.05) is 10.8 Å². The van der Waals surface area contributed by atoms with Crippen LogP contribution in [0.4, 0.5) is 0 Å². The van der Waals surface area contributed by atoms with Crippen molar-refractivity contribution in [3.63, 3.8) is 0 Å². The van der Waals surface area contributed by atoms with Crippen LogP contribution in [-0.4, -0.2) is 67.7 Å². The van der Waals surface area contributed by atoms with Crippen molar-refractivity contribution in [2.24, 2.45) is 0 Å². The van der Waals surface area contributed by atoms with Crippen molar-refractivity contribution in [1.29, 1.82) is 0 Å². The van der Waals surface area contributed by atoms with Gasteiger partial charge in [0.1, 0.15) is 30.2 Å². The number of aromatic nitrogens is 2. The molecule has 0 spiro atoms. The minimum Gasteiger partial charge on any atom is -0.460 e. The van der Waals surface area contributed by atoms with Crippen molar-refractivity contribution in [2.75, 3.05) is 6.61 Å². The van der Waals surface area contributed by atoms with E-state index >= 15 is 0 Å². The topological polar surface area (TPSA) is 128 Å². The predicted octanol–water partition coefficient (Wildman–Crippen LogP) is 1.70. The zero-order chi connectivity index (χ0) is 21.0. The molecule has 9 heteroatoms. The Kier molecular flexibility index (Phi) is 4.78. The van der Waals surface area contributed by atoms with E-state index < -0.39 is 37.3 Å². The lowest BCUT2D eigenvalue weighted by molar-refractivity contribution is -0.277. The summed E-state index contributed by atoms with van der Waals surface area (Å²) in [6, 6.07) is 12.9. The summed E-state index contributed by atoms with van der Waals surface area (Å²) < 4.78 is 11.3. The number of benzene rings is 2. The molecule has 3 heterocycles. The fourth-order valence-corrected chi connectivity index (χ4v) is 4.15. The third kappa shape index (κ3) is 2.92. The first-order chi connectivity index (χ1) is 14.5. The molecule has 156 valence electrons. The Morgan fingerprint density at radius 3 is 2.53 bits per heavy atom. The highest BCUT2D eigenvalue weighted by molar-refractivity contribution is 6.40. The standard InChI is InChI=1S/C21H19ClN2O6/c22-14-9-4-1-2-6-11(9)23-16-10-5-3-7-12(15(10)24-17(14)16)29-21-20(28)19(27)18(26)13(8-25)30-21/h1-7,13,18-21,24-28H,8H2/t13-,18-,19+,20-,21-/m1/s1. The van der Waals surface area contributed by atoms with Crippen LogP contribution in [0.25, 0.3) is 32.8 Å². The number of ether oxygens (including phenoxy) is 2. The monoisotopic (exact) mass is 430 g/mol. The number of fused-ring (bicyclic) bond motifs is 4. The first kappa shape index (κ1) is 19.5. The molecule has 0 saturated carbocycles. The van der Waals surface area contributed by atoms with Crippen molar-refractivity contribution in [1.82, 2.24) is 9.97 Å². The number of aromatic amines is 1. The first-order valence-corrected chi connectivity index (χ1v) is 9.83. The number of pyridine rings is 1. The molecular formula is C21H19ClN2O6. The average Bonchev–Trinajstić information content (AvgIpc) is 3.14. The van der Waals surface area contributed by atoms with E-state index in [-0.39, 0.29) is 0 Å². The maximum Gasteiger partial charge on any atom is 0.229 e. The molecule has 0 bridgehead atoms. The van der Waals surface area contributed by atoms with E-state index in [1.165, 1.54) is 0 Å². The normalized spacial score (nSPS) is 27.2. The van der Waals surface area contributed by atoms with Crippen LogP contribution >= 0.6 is 11.6 Å². The second-order valence-corrected chi connectivity index (χ2v) is 7.66. The summed E-state index contributed by atoms with van der Waals surface area (Å²) >= 11 is 6.62. The Balaban J connectivity index is 1.61. The summed E-state index contributed by atoms with van der Waals surface area (Å²) in [7, 11) is 0. The van der Waals surface area contributed by atoms with Crippen molar-refractivity contribution in [3.8, 4) is 5.75 Å². The smallest absolute Gasteiger partial charge is 0.229 e. The molecule has 5 rings (SSSR count). The number of nitrogens with one attached hydrogen (secondary N) is 1. The molecule has 5 N–H and O–H groups in total. The summed E-state index contributed by atoms with van der Waals surface area (Å²) in [5.41, 5.74) is 2.67.